The van der Waals surface area contributed by atoms with E-state index in [1.807, 2.05) is 0 Å². The van der Waals surface area contributed by atoms with Crippen molar-refractivity contribution in [1.29, 1.82) is 0 Å². The molecule has 0 radical (unpaired) electrons. The van der Waals surface area contributed by atoms with Gasteiger partial charge in [0.05, 0.1) is 0 Å². The smallest absolute Gasteiger partial charge is 0.0227 e. The first-order valence-corrected chi connectivity index (χ1v) is 1.03. The summed E-state index contributed by atoms with van der Waals surface area (Å²) in [5.74, 6) is 0. The van der Waals surface area contributed by atoms with E-state index in [2.05, 4.69) is 0 Å². The van der Waals surface area contributed by atoms with Gasteiger partial charge in [-0.05, 0) is 6.92 Å². The van der Waals surface area contributed by atoms with E-state index < -0.39 is 6.36 Å². The minimum atomic E-state index is -1.92. The zero-order valence-corrected chi connectivity index (χ0v) is 2.36. The van der Waals surface area contributed by atoms with E-state index in [4.69, 9.17) is 5.11 Å². The van der Waals surface area contributed by atoms with Crippen LogP contribution in [0.15, 0.2) is 0 Å². The lowest BCUT2D eigenvalue weighted by Crippen LogP contribution is -2.12. The monoisotopic (exact) mass is 63.0 g/mol. The highest BCUT2D eigenvalue weighted by atomic mass is 19.1. The Morgan fingerprint density at radius 3 is 2.00 bits per heavy atom. The molecular formula is C2H4FO-. The summed E-state index contributed by atoms with van der Waals surface area (Å²) in [6.07, 6.45) is -1.92. The molecule has 0 aromatic heterocycles. The standard InChI is InChI=1S/C2H4FO/c1-2(3)4/h2H,1H3/q-1. The van der Waals surface area contributed by atoms with E-state index in [-0.39, 0.29) is 0 Å². The van der Waals surface area contributed by atoms with Crippen LogP contribution in [0.1, 0.15) is 6.92 Å². The summed E-state index contributed by atoms with van der Waals surface area (Å²) in [5.41, 5.74) is 0. The number of hydrogen-bond acceptors (Lipinski definition) is 1. The molecule has 1 nitrogen and oxygen atoms in total. The molecule has 0 saturated carbocycles. The van der Waals surface area contributed by atoms with Crippen molar-refractivity contribution in [2.75, 3.05) is 0 Å². The lowest BCUT2D eigenvalue weighted by atomic mass is 10.8. The van der Waals surface area contributed by atoms with Crippen LogP contribution < -0.4 is 5.11 Å². The van der Waals surface area contributed by atoms with Crippen molar-refractivity contribution >= 4 is 0 Å². The molecule has 1 atom stereocenters. The van der Waals surface area contributed by atoms with Gasteiger partial charge in [0.25, 0.3) is 0 Å². The Kier molecular flexibility index (Phi) is 1.20. The second-order valence-electron chi connectivity index (χ2n) is 0.543. The number of hydrogen-bond donors (Lipinski definition) is 0. The maximum atomic E-state index is 10.4. The van der Waals surface area contributed by atoms with Crippen LogP contribution in [-0.4, -0.2) is 6.36 Å². The van der Waals surface area contributed by atoms with Crippen LogP contribution in [0, 0.1) is 0 Å². The summed E-state index contributed by atoms with van der Waals surface area (Å²) in [7, 11) is 0. The molecule has 0 bridgehead atoms. The van der Waals surface area contributed by atoms with E-state index in [0.29, 0.717) is 0 Å². The zero-order valence-electron chi connectivity index (χ0n) is 2.36. The molecule has 0 amide bonds. The van der Waals surface area contributed by atoms with E-state index in [1.54, 1.807) is 0 Å². The summed E-state index contributed by atoms with van der Waals surface area (Å²) in [5, 5.41) is 8.86. The molecule has 0 heterocycles. The van der Waals surface area contributed by atoms with Crippen LogP contribution in [0.25, 0.3) is 0 Å². The van der Waals surface area contributed by atoms with Crippen molar-refractivity contribution < 1.29 is 9.50 Å². The van der Waals surface area contributed by atoms with Crippen LogP contribution in [0.5, 0.6) is 0 Å². The molecular weight excluding hydrogens is 59.0 g/mol. The Morgan fingerprint density at radius 1 is 2.00 bits per heavy atom. The first-order chi connectivity index (χ1) is 1.73. The fourth-order valence-electron chi connectivity index (χ4n) is 0. The van der Waals surface area contributed by atoms with Crippen LogP contribution in [0.4, 0.5) is 4.39 Å². The third kappa shape index (κ3) is 124. The number of alkyl halides is 1. The molecule has 0 fully saturated rings. The van der Waals surface area contributed by atoms with Crippen LogP contribution >= 0.6 is 0 Å². The fraction of sp³-hybridized carbons (Fsp3) is 1.00. The van der Waals surface area contributed by atoms with Gasteiger partial charge in [-0.25, -0.2) is 0 Å². The summed E-state index contributed by atoms with van der Waals surface area (Å²) in [6.45, 7) is 0.944. The largest absolute Gasteiger partial charge is 0.827 e. The maximum Gasteiger partial charge on any atom is 0.0227 e. The molecule has 0 aromatic carbocycles. The molecule has 0 rings (SSSR count). The number of halogens is 1. The topological polar surface area (TPSA) is 23.1 Å². The van der Waals surface area contributed by atoms with Gasteiger partial charge in [0.1, 0.15) is 0 Å². The highest BCUT2D eigenvalue weighted by Gasteiger charge is 1.59. The second kappa shape index (κ2) is 1.24. The molecule has 0 N–H and O–H groups in total. The lowest BCUT2D eigenvalue weighted by Gasteiger charge is -1.96. The van der Waals surface area contributed by atoms with Gasteiger partial charge >= 0.3 is 0 Å². The van der Waals surface area contributed by atoms with Crippen LogP contribution in [0.3, 0.4) is 0 Å². The van der Waals surface area contributed by atoms with Gasteiger partial charge in [-0.1, -0.05) is 0 Å². The third-order valence-corrected chi connectivity index (χ3v) is 0. The molecule has 2 heteroatoms. The third-order valence-electron chi connectivity index (χ3n) is 0. The maximum absolute atomic E-state index is 10.4. The minimum Gasteiger partial charge on any atom is -0.827 e. The summed E-state index contributed by atoms with van der Waals surface area (Å²) >= 11 is 0. The predicted molar refractivity (Wildman–Crippen MR) is 10.6 cm³/mol. The molecule has 4 heavy (non-hydrogen) atoms. The van der Waals surface area contributed by atoms with Crippen molar-refractivity contribution in [3.63, 3.8) is 0 Å². The molecule has 0 saturated heterocycles. The van der Waals surface area contributed by atoms with E-state index in [1.165, 1.54) is 0 Å². The molecule has 0 aliphatic rings. The molecule has 0 aliphatic carbocycles. The highest BCUT2D eigenvalue weighted by Crippen LogP contribution is 1.64. The zero-order chi connectivity index (χ0) is 3.58. The van der Waals surface area contributed by atoms with Gasteiger partial charge < -0.3 is 5.11 Å². The fourth-order valence-corrected chi connectivity index (χ4v) is 0. The lowest BCUT2D eigenvalue weighted by molar-refractivity contribution is -0.453. The Labute approximate surface area is 24.1 Å². The van der Waals surface area contributed by atoms with Gasteiger partial charge in [-0.3, -0.25) is 4.39 Å². The van der Waals surface area contributed by atoms with Crippen molar-refractivity contribution in [1.82, 2.24) is 0 Å². The quantitative estimate of drug-likeness (QED) is 0.377. The van der Waals surface area contributed by atoms with Crippen molar-refractivity contribution in [2.24, 2.45) is 0 Å². The predicted octanol–water partition coefficient (Wildman–Crippen LogP) is -0.338. The second-order valence-corrected chi connectivity index (χ2v) is 0.543. The molecule has 0 aliphatic heterocycles. The Balaban J connectivity index is 2.32. The summed E-state index contributed by atoms with van der Waals surface area (Å²) < 4.78 is 10.4. The first kappa shape index (κ1) is 3.89. The average Bonchev–Trinajstić information content (AvgIpc) is 0.811. The average molecular weight is 63.1 g/mol. The summed E-state index contributed by atoms with van der Waals surface area (Å²) in [4.78, 5) is 0. The Hall–Kier alpha value is -0.110. The molecule has 0 aromatic rings. The SMILES string of the molecule is CC([O-])F. The highest BCUT2D eigenvalue weighted by molar-refractivity contribution is 4.00. The minimum absolute atomic E-state index is 0.944. The Morgan fingerprint density at radius 2 is 2.00 bits per heavy atom. The van der Waals surface area contributed by atoms with Gasteiger partial charge in [0.2, 0.25) is 0 Å². The first-order valence-electron chi connectivity index (χ1n) is 1.03. The number of rotatable bonds is 0. The normalized spacial score (nSPS) is 15.8. The Bertz CT molecular complexity index is 10.8. The van der Waals surface area contributed by atoms with Gasteiger partial charge in [0.15, 0.2) is 0 Å². The van der Waals surface area contributed by atoms with E-state index >= 15 is 0 Å². The van der Waals surface area contributed by atoms with Crippen LogP contribution in [-0.2, 0) is 0 Å². The van der Waals surface area contributed by atoms with Gasteiger partial charge in [-0.15, -0.1) is 0 Å². The van der Waals surface area contributed by atoms with Gasteiger partial charge in [-0.2, -0.15) is 0 Å². The molecule has 0 spiro atoms. The van der Waals surface area contributed by atoms with Gasteiger partial charge in [0, 0.05) is 6.36 Å². The van der Waals surface area contributed by atoms with Crippen molar-refractivity contribution in [3.05, 3.63) is 0 Å². The summed E-state index contributed by atoms with van der Waals surface area (Å²) in [6, 6.07) is 0. The molecule has 1 unspecified atom stereocenters. The van der Waals surface area contributed by atoms with E-state index in [0.717, 1.165) is 6.92 Å². The van der Waals surface area contributed by atoms with Crippen LogP contribution in [0.2, 0.25) is 0 Å². The van der Waals surface area contributed by atoms with E-state index in [9.17, 15) is 4.39 Å². The molecule has 26 valence electrons. The van der Waals surface area contributed by atoms with Crippen molar-refractivity contribution in [2.45, 2.75) is 13.3 Å². The van der Waals surface area contributed by atoms with Crippen molar-refractivity contribution in [3.8, 4) is 0 Å².